The smallest absolute Gasteiger partial charge is 0.264 e. The molecular formula is C18H16Cl2N4O2. The van der Waals surface area contributed by atoms with E-state index in [0.717, 1.165) is 0 Å². The third-order valence-electron chi connectivity index (χ3n) is 4.35. The van der Waals surface area contributed by atoms with Gasteiger partial charge in [0.05, 0.1) is 29.6 Å². The molecule has 0 saturated carbocycles. The average Bonchev–Trinajstić information content (AvgIpc) is 2.79. The summed E-state index contributed by atoms with van der Waals surface area (Å²) in [6, 6.07) is 10.7. The van der Waals surface area contributed by atoms with Gasteiger partial charge in [0, 0.05) is 18.7 Å². The van der Waals surface area contributed by atoms with Crippen molar-refractivity contribution in [3.8, 4) is 0 Å². The minimum Gasteiger partial charge on any atom is -0.379 e. The molecule has 2 aromatic rings. The largest absolute Gasteiger partial charge is 0.379 e. The van der Waals surface area contributed by atoms with Crippen molar-refractivity contribution < 1.29 is 9.53 Å². The molecule has 4 rings (SSSR count). The monoisotopic (exact) mass is 390 g/mol. The number of rotatable bonds is 2. The quantitative estimate of drug-likeness (QED) is 0.800. The van der Waals surface area contributed by atoms with E-state index in [1.165, 1.54) is 0 Å². The summed E-state index contributed by atoms with van der Waals surface area (Å²) in [7, 11) is 0. The number of nitrogens with one attached hydrogen (secondary N) is 1. The predicted octanol–water partition coefficient (Wildman–Crippen LogP) is 2.84. The molecule has 2 aliphatic heterocycles. The van der Waals surface area contributed by atoms with Crippen LogP contribution in [0.2, 0.25) is 10.2 Å². The molecule has 26 heavy (non-hydrogen) atoms. The van der Waals surface area contributed by atoms with Crippen LogP contribution in [0.1, 0.15) is 11.3 Å². The minimum absolute atomic E-state index is 0.209. The number of carbonyl (C=O) groups is 1. The number of hydrogen-bond acceptors (Lipinski definition) is 5. The molecule has 3 heterocycles. The van der Waals surface area contributed by atoms with Crippen LogP contribution < -0.4 is 5.32 Å². The van der Waals surface area contributed by atoms with Gasteiger partial charge in [-0.3, -0.25) is 14.7 Å². The maximum absolute atomic E-state index is 12.8. The van der Waals surface area contributed by atoms with Gasteiger partial charge in [0.25, 0.3) is 5.91 Å². The summed E-state index contributed by atoms with van der Waals surface area (Å²) in [5.74, 6) is -0.209. The van der Waals surface area contributed by atoms with Gasteiger partial charge in [-0.25, -0.2) is 4.98 Å². The van der Waals surface area contributed by atoms with E-state index in [2.05, 4.69) is 10.3 Å². The molecule has 1 fully saturated rings. The predicted molar refractivity (Wildman–Crippen MR) is 101 cm³/mol. The van der Waals surface area contributed by atoms with Crippen LogP contribution in [0.3, 0.4) is 0 Å². The number of fused-ring (bicyclic) bond motifs is 1. The van der Waals surface area contributed by atoms with Crippen molar-refractivity contribution in [1.29, 1.82) is 0 Å². The van der Waals surface area contributed by atoms with Crippen molar-refractivity contribution in [2.45, 2.75) is 6.17 Å². The number of morpholine rings is 1. The summed E-state index contributed by atoms with van der Waals surface area (Å²) in [5, 5.41) is 3.77. The third kappa shape index (κ3) is 3.33. The average molecular weight is 391 g/mol. The Morgan fingerprint density at radius 1 is 1.12 bits per heavy atom. The van der Waals surface area contributed by atoms with Crippen LogP contribution in [0.5, 0.6) is 0 Å². The number of amides is 1. The van der Waals surface area contributed by atoms with E-state index in [1.54, 1.807) is 18.2 Å². The zero-order valence-corrected chi connectivity index (χ0v) is 15.3. The number of halogens is 2. The number of nitrogens with zero attached hydrogens (tertiary/aromatic N) is 3. The Morgan fingerprint density at radius 3 is 2.65 bits per heavy atom. The molecule has 1 N–H and O–H groups in total. The molecule has 0 spiro atoms. The van der Waals surface area contributed by atoms with Crippen molar-refractivity contribution in [1.82, 2.24) is 9.88 Å². The molecule has 0 bridgehead atoms. The van der Waals surface area contributed by atoms with Crippen LogP contribution in [0, 0.1) is 0 Å². The number of pyridine rings is 1. The first-order chi connectivity index (χ1) is 12.6. The Kier molecular flexibility index (Phi) is 4.91. The number of carbonyl (C=O) groups excluding carboxylic acids is 1. The Morgan fingerprint density at radius 2 is 1.88 bits per heavy atom. The first kappa shape index (κ1) is 17.4. The maximum atomic E-state index is 12.8. The number of aromatic nitrogens is 1. The normalized spacial score (nSPS) is 20.8. The van der Waals surface area contributed by atoms with E-state index < -0.39 is 6.17 Å². The minimum atomic E-state index is -0.682. The van der Waals surface area contributed by atoms with E-state index in [-0.39, 0.29) is 5.91 Å². The van der Waals surface area contributed by atoms with Gasteiger partial charge in [-0.05, 0) is 18.2 Å². The highest BCUT2D eigenvalue weighted by molar-refractivity contribution is 6.36. The molecule has 6 nitrogen and oxygen atoms in total. The number of aliphatic imine (C=N–C) groups is 1. The van der Waals surface area contributed by atoms with Crippen LogP contribution >= 0.6 is 23.2 Å². The van der Waals surface area contributed by atoms with Gasteiger partial charge >= 0.3 is 0 Å². The fraction of sp³-hybridized carbons (Fsp3) is 0.278. The molecule has 1 unspecified atom stereocenters. The standard InChI is InChI=1S/C18H16Cl2N4O2/c19-12-4-2-1-3-11(12)15-16-13(5-6-14(20)22-16)21-18(25)17(23-15)24-7-9-26-10-8-24/h1-6,17H,7-10H2,(H,21,25). The van der Waals surface area contributed by atoms with E-state index in [4.69, 9.17) is 32.9 Å². The molecule has 8 heteroatoms. The van der Waals surface area contributed by atoms with Gasteiger partial charge in [0.1, 0.15) is 10.8 Å². The lowest BCUT2D eigenvalue weighted by atomic mass is 10.1. The second-order valence-corrected chi connectivity index (χ2v) is 6.79. The molecule has 134 valence electrons. The molecule has 0 radical (unpaired) electrons. The Bertz CT molecular complexity index is 881. The van der Waals surface area contributed by atoms with Gasteiger partial charge < -0.3 is 10.1 Å². The molecule has 1 aromatic carbocycles. The molecule has 0 aliphatic carbocycles. The fourth-order valence-corrected chi connectivity index (χ4v) is 3.45. The summed E-state index contributed by atoms with van der Waals surface area (Å²) in [6.07, 6.45) is -0.682. The summed E-state index contributed by atoms with van der Waals surface area (Å²) < 4.78 is 5.39. The van der Waals surface area contributed by atoms with Gasteiger partial charge in [0.2, 0.25) is 0 Å². The van der Waals surface area contributed by atoms with Crippen molar-refractivity contribution in [2.24, 2.45) is 4.99 Å². The zero-order chi connectivity index (χ0) is 18.1. The lowest BCUT2D eigenvalue weighted by Crippen LogP contribution is -2.48. The molecular weight excluding hydrogens is 375 g/mol. The van der Waals surface area contributed by atoms with Crippen molar-refractivity contribution in [3.63, 3.8) is 0 Å². The lowest BCUT2D eigenvalue weighted by molar-refractivity contribution is -0.122. The zero-order valence-electron chi connectivity index (χ0n) is 13.8. The first-order valence-corrected chi connectivity index (χ1v) is 9.01. The molecule has 1 aromatic heterocycles. The summed E-state index contributed by atoms with van der Waals surface area (Å²) in [4.78, 5) is 24.0. The van der Waals surface area contributed by atoms with Crippen LogP contribution in [0.25, 0.3) is 0 Å². The van der Waals surface area contributed by atoms with Crippen LogP contribution in [0.15, 0.2) is 41.4 Å². The summed E-state index contributed by atoms with van der Waals surface area (Å²) >= 11 is 12.5. The van der Waals surface area contributed by atoms with Crippen LogP contribution in [-0.4, -0.2) is 54.0 Å². The SMILES string of the molecule is O=C1Nc2ccc(Cl)nc2C(c2ccccc2Cl)=NC1N1CCOCC1. The fourth-order valence-electron chi connectivity index (χ4n) is 3.08. The van der Waals surface area contributed by atoms with Crippen LogP contribution in [0.4, 0.5) is 5.69 Å². The second kappa shape index (κ2) is 7.32. The highest BCUT2D eigenvalue weighted by Crippen LogP contribution is 2.28. The molecule has 1 atom stereocenters. The van der Waals surface area contributed by atoms with E-state index in [9.17, 15) is 4.79 Å². The number of benzene rings is 1. The number of ether oxygens (including phenoxy) is 1. The molecule has 1 amide bonds. The summed E-state index contributed by atoms with van der Waals surface area (Å²) in [5.41, 5.74) is 2.33. The van der Waals surface area contributed by atoms with E-state index in [0.29, 0.717) is 59.1 Å². The van der Waals surface area contributed by atoms with Gasteiger partial charge in [-0.2, -0.15) is 0 Å². The van der Waals surface area contributed by atoms with E-state index >= 15 is 0 Å². The second-order valence-electron chi connectivity index (χ2n) is 6.00. The van der Waals surface area contributed by atoms with Crippen molar-refractivity contribution in [3.05, 3.63) is 57.8 Å². The molecule has 1 saturated heterocycles. The maximum Gasteiger partial charge on any atom is 0.264 e. The first-order valence-electron chi connectivity index (χ1n) is 8.26. The summed E-state index contributed by atoms with van der Waals surface area (Å²) in [6.45, 7) is 2.39. The Labute approximate surface area is 160 Å². The third-order valence-corrected chi connectivity index (χ3v) is 4.89. The van der Waals surface area contributed by atoms with Gasteiger partial charge in [-0.1, -0.05) is 41.4 Å². The van der Waals surface area contributed by atoms with E-state index in [1.807, 2.05) is 23.1 Å². The van der Waals surface area contributed by atoms with Crippen LogP contribution in [-0.2, 0) is 9.53 Å². The Hall–Kier alpha value is -1.99. The molecule has 2 aliphatic rings. The Balaban J connectivity index is 1.88. The number of anilines is 1. The highest BCUT2D eigenvalue weighted by Gasteiger charge is 2.32. The van der Waals surface area contributed by atoms with Gasteiger partial charge in [-0.15, -0.1) is 0 Å². The highest BCUT2D eigenvalue weighted by atomic mass is 35.5. The number of hydrogen-bond donors (Lipinski definition) is 1. The van der Waals surface area contributed by atoms with Gasteiger partial charge in [0.15, 0.2) is 6.17 Å². The lowest BCUT2D eigenvalue weighted by Gasteiger charge is -2.30. The van der Waals surface area contributed by atoms with Crippen molar-refractivity contribution >= 4 is 40.5 Å². The topological polar surface area (TPSA) is 66.8 Å². The van der Waals surface area contributed by atoms with Crippen molar-refractivity contribution in [2.75, 3.05) is 31.6 Å².